The molecule has 0 unspecified atom stereocenters. The molecule has 0 saturated heterocycles. The lowest BCUT2D eigenvalue weighted by Crippen LogP contribution is -1.98. The van der Waals surface area contributed by atoms with Gasteiger partial charge in [-0.3, -0.25) is 4.98 Å². The molecule has 98 valence electrons. The van der Waals surface area contributed by atoms with Crippen LogP contribution >= 0.6 is 15.9 Å². The number of methoxy groups -OCH3 is 1. The number of benzene rings is 1. The summed E-state index contributed by atoms with van der Waals surface area (Å²) in [6.07, 6.45) is 1.12. The van der Waals surface area contributed by atoms with Crippen LogP contribution < -0.4 is 4.74 Å². The van der Waals surface area contributed by atoms with Crippen molar-refractivity contribution in [3.8, 4) is 22.8 Å². The lowest BCUT2D eigenvalue weighted by Gasteiger charge is -2.07. The minimum atomic E-state index is -1.20. The zero-order valence-corrected chi connectivity index (χ0v) is 11.5. The number of ether oxygens (including phenoxy) is 1. The Hall–Kier alpha value is -2.08. The highest BCUT2D eigenvalue weighted by molar-refractivity contribution is 9.10. The van der Waals surface area contributed by atoms with Crippen LogP contribution in [-0.4, -0.2) is 28.3 Å². The number of halogens is 1. The van der Waals surface area contributed by atoms with Gasteiger partial charge >= 0.3 is 5.97 Å². The predicted molar refractivity (Wildman–Crippen MR) is 72.5 cm³/mol. The van der Waals surface area contributed by atoms with E-state index in [0.717, 1.165) is 16.2 Å². The molecule has 0 saturated carbocycles. The van der Waals surface area contributed by atoms with Crippen molar-refractivity contribution < 1.29 is 19.7 Å². The summed E-state index contributed by atoms with van der Waals surface area (Å²) in [6.45, 7) is 0. The molecule has 5 nitrogen and oxygen atoms in total. The van der Waals surface area contributed by atoms with Crippen molar-refractivity contribution in [3.63, 3.8) is 0 Å². The van der Waals surface area contributed by atoms with E-state index in [1.807, 2.05) is 0 Å². The molecule has 0 radical (unpaired) electrons. The van der Waals surface area contributed by atoms with Crippen LogP contribution in [0.25, 0.3) is 11.3 Å². The Labute approximate surface area is 117 Å². The van der Waals surface area contributed by atoms with Crippen molar-refractivity contribution >= 4 is 21.9 Å². The van der Waals surface area contributed by atoms with Crippen LogP contribution in [0.4, 0.5) is 0 Å². The maximum Gasteiger partial charge on any atom is 0.339 e. The third kappa shape index (κ3) is 2.68. The number of aromatic carboxylic acids is 1. The van der Waals surface area contributed by atoms with Gasteiger partial charge < -0.3 is 14.9 Å². The van der Waals surface area contributed by atoms with Crippen LogP contribution in [0, 0.1) is 0 Å². The van der Waals surface area contributed by atoms with Crippen molar-refractivity contribution in [2.24, 2.45) is 0 Å². The maximum absolute atomic E-state index is 11.0. The molecule has 1 aromatic carbocycles. The SMILES string of the molecule is COc1ccc(-c2cc(C(=O)O)c(O)cn2)cc1Br. The quantitative estimate of drug-likeness (QED) is 0.907. The van der Waals surface area contributed by atoms with Gasteiger partial charge in [-0.2, -0.15) is 0 Å². The molecule has 0 atom stereocenters. The molecule has 0 aliphatic heterocycles. The third-order valence-corrected chi connectivity index (χ3v) is 3.18. The third-order valence-electron chi connectivity index (χ3n) is 2.56. The van der Waals surface area contributed by atoms with Crippen LogP contribution in [0.3, 0.4) is 0 Å². The molecular formula is C13H10BrNO4. The lowest BCUT2D eigenvalue weighted by molar-refractivity contribution is 0.0693. The van der Waals surface area contributed by atoms with Crippen LogP contribution in [0.2, 0.25) is 0 Å². The fraction of sp³-hybridized carbons (Fsp3) is 0.0769. The van der Waals surface area contributed by atoms with Gasteiger partial charge in [0.1, 0.15) is 17.1 Å². The van der Waals surface area contributed by atoms with E-state index in [1.165, 1.54) is 6.07 Å². The number of pyridine rings is 1. The Morgan fingerprint density at radius 1 is 1.37 bits per heavy atom. The van der Waals surface area contributed by atoms with E-state index >= 15 is 0 Å². The Bertz CT molecular complexity index is 643. The number of carboxylic acid groups (broad SMARTS) is 1. The van der Waals surface area contributed by atoms with Crippen LogP contribution in [-0.2, 0) is 0 Å². The summed E-state index contributed by atoms with van der Waals surface area (Å²) in [4.78, 5) is 15.0. The van der Waals surface area contributed by atoms with E-state index in [1.54, 1.807) is 25.3 Å². The van der Waals surface area contributed by atoms with E-state index in [2.05, 4.69) is 20.9 Å². The van der Waals surface area contributed by atoms with Crippen molar-refractivity contribution in [1.82, 2.24) is 4.98 Å². The molecule has 6 heteroatoms. The topological polar surface area (TPSA) is 79.7 Å². The summed E-state index contributed by atoms with van der Waals surface area (Å²) in [7, 11) is 1.56. The first-order chi connectivity index (χ1) is 9.02. The zero-order valence-electron chi connectivity index (χ0n) is 9.92. The molecule has 0 spiro atoms. The van der Waals surface area contributed by atoms with Gasteiger partial charge in [0.2, 0.25) is 0 Å². The minimum Gasteiger partial charge on any atom is -0.505 e. The van der Waals surface area contributed by atoms with Gasteiger partial charge in [0.15, 0.2) is 0 Å². The monoisotopic (exact) mass is 323 g/mol. The number of hydrogen-bond donors (Lipinski definition) is 2. The summed E-state index contributed by atoms with van der Waals surface area (Å²) < 4.78 is 5.85. The molecule has 2 aromatic rings. The Kier molecular flexibility index (Phi) is 3.71. The smallest absolute Gasteiger partial charge is 0.339 e. The van der Waals surface area contributed by atoms with E-state index in [4.69, 9.17) is 9.84 Å². The molecule has 0 amide bonds. The first-order valence-corrected chi connectivity index (χ1v) is 6.08. The van der Waals surface area contributed by atoms with Crippen molar-refractivity contribution in [1.29, 1.82) is 0 Å². The molecular weight excluding hydrogens is 314 g/mol. The predicted octanol–water partition coefficient (Wildman–Crippen LogP) is 2.92. The Morgan fingerprint density at radius 3 is 2.68 bits per heavy atom. The second-order valence-corrected chi connectivity index (χ2v) is 4.60. The molecule has 2 N–H and O–H groups in total. The molecule has 0 aliphatic carbocycles. The first-order valence-electron chi connectivity index (χ1n) is 5.29. The molecule has 1 aromatic heterocycles. The largest absolute Gasteiger partial charge is 0.505 e. The average molecular weight is 324 g/mol. The van der Waals surface area contributed by atoms with Gasteiger partial charge in [0.25, 0.3) is 0 Å². The highest BCUT2D eigenvalue weighted by Crippen LogP contribution is 2.31. The van der Waals surface area contributed by atoms with Crippen LogP contribution in [0.5, 0.6) is 11.5 Å². The van der Waals surface area contributed by atoms with Gasteiger partial charge in [0, 0.05) is 5.56 Å². The molecule has 19 heavy (non-hydrogen) atoms. The number of hydrogen-bond acceptors (Lipinski definition) is 4. The molecule has 0 aliphatic rings. The highest BCUT2D eigenvalue weighted by Gasteiger charge is 2.13. The van der Waals surface area contributed by atoms with Gasteiger partial charge in [-0.25, -0.2) is 4.79 Å². The summed E-state index contributed by atoms with van der Waals surface area (Å²) in [5, 5.41) is 18.4. The van der Waals surface area contributed by atoms with Gasteiger partial charge in [-0.1, -0.05) is 0 Å². The summed E-state index contributed by atoms with van der Waals surface area (Å²) in [5.74, 6) is -0.890. The number of carbonyl (C=O) groups is 1. The molecule has 0 bridgehead atoms. The standard InChI is InChI=1S/C13H10BrNO4/c1-19-12-3-2-7(4-9(12)14)10-5-8(13(17)18)11(16)6-15-10/h2-6,16H,1H3,(H,17,18). The number of rotatable bonds is 3. The second-order valence-electron chi connectivity index (χ2n) is 3.74. The van der Waals surface area contributed by atoms with Crippen LogP contribution in [0.1, 0.15) is 10.4 Å². The lowest BCUT2D eigenvalue weighted by atomic mass is 10.1. The maximum atomic E-state index is 11.0. The van der Waals surface area contributed by atoms with E-state index in [-0.39, 0.29) is 11.3 Å². The van der Waals surface area contributed by atoms with Gasteiger partial charge in [-0.05, 0) is 40.2 Å². The summed E-state index contributed by atoms with van der Waals surface area (Å²) in [6, 6.07) is 6.60. The first kappa shape index (κ1) is 13.4. The van der Waals surface area contributed by atoms with Crippen LogP contribution in [0.15, 0.2) is 34.9 Å². The number of carboxylic acids is 1. The summed E-state index contributed by atoms with van der Waals surface area (Å²) in [5.41, 5.74) is 0.991. The number of nitrogens with zero attached hydrogens (tertiary/aromatic N) is 1. The fourth-order valence-corrected chi connectivity index (χ4v) is 2.14. The van der Waals surface area contributed by atoms with E-state index in [9.17, 15) is 9.90 Å². The zero-order chi connectivity index (χ0) is 14.0. The fourth-order valence-electron chi connectivity index (χ4n) is 1.60. The Balaban J connectivity index is 2.50. The average Bonchev–Trinajstić information content (AvgIpc) is 2.38. The summed E-state index contributed by atoms with van der Waals surface area (Å²) >= 11 is 3.35. The van der Waals surface area contributed by atoms with E-state index in [0.29, 0.717) is 11.4 Å². The second kappa shape index (κ2) is 5.27. The Morgan fingerprint density at radius 2 is 2.11 bits per heavy atom. The molecule has 0 fully saturated rings. The van der Waals surface area contributed by atoms with Gasteiger partial charge in [-0.15, -0.1) is 0 Å². The van der Waals surface area contributed by atoms with E-state index < -0.39 is 5.97 Å². The minimum absolute atomic E-state index is 0.183. The number of aromatic hydroxyl groups is 1. The molecule has 2 rings (SSSR count). The van der Waals surface area contributed by atoms with Crippen molar-refractivity contribution in [2.75, 3.05) is 7.11 Å². The van der Waals surface area contributed by atoms with Crippen molar-refractivity contribution in [2.45, 2.75) is 0 Å². The van der Waals surface area contributed by atoms with Crippen molar-refractivity contribution in [3.05, 3.63) is 40.5 Å². The normalized spacial score (nSPS) is 10.2. The highest BCUT2D eigenvalue weighted by atomic mass is 79.9. The molecule has 1 heterocycles. The number of aromatic nitrogens is 1. The van der Waals surface area contributed by atoms with Gasteiger partial charge in [0.05, 0.1) is 23.5 Å².